The van der Waals surface area contributed by atoms with Crippen molar-refractivity contribution in [3.63, 3.8) is 0 Å². The number of aliphatic hydroxyl groups is 1. The second-order valence-electron chi connectivity index (χ2n) is 2.84. The van der Waals surface area contributed by atoms with E-state index in [1.807, 2.05) is 0 Å². The molecule has 1 aromatic rings. The molecule has 0 aromatic heterocycles. The molecule has 0 atom stereocenters. The molecule has 0 saturated carbocycles. The smallest absolute Gasteiger partial charge is 0.360 e. The molecule has 0 aliphatic heterocycles. The maximum Gasteiger partial charge on any atom is 0.360 e. The zero-order chi connectivity index (χ0) is 11.5. The van der Waals surface area contributed by atoms with Crippen LogP contribution in [-0.2, 0) is 20.2 Å². The van der Waals surface area contributed by atoms with Crippen molar-refractivity contribution in [2.24, 2.45) is 0 Å². The summed E-state index contributed by atoms with van der Waals surface area (Å²) in [6.45, 7) is -0.335. The summed E-state index contributed by atoms with van der Waals surface area (Å²) in [6, 6.07) is 3.60. The second kappa shape index (κ2) is 4.86. The van der Waals surface area contributed by atoms with Crippen molar-refractivity contribution in [1.82, 2.24) is 0 Å². The minimum Gasteiger partial charge on any atom is -0.392 e. The predicted molar refractivity (Wildman–Crippen MR) is 53.6 cm³/mol. The minimum absolute atomic E-state index is 0.0940. The summed E-state index contributed by atoms with van der Waals surface area (Å²) in [6.07, 6.45) is 0. The monoisotopic (exact) mass is 234 g/mol. The van der Waals surface area contributed by atoms with E-state index in [-0.39, 0.29) is 11.9 Å². The van der Waals surface area contributed by atoms with Crippen molar-refractivity contribution < 1.29 is 23.1 Å². The van der Waals surface area contributed by atoms with Gasteiger partial charge in [0.15, 0.2) is 0 Å². The second-order valence-corrected chi connectivity index (χ2v) is 5.08. The van der Waals surface area contributed by atoms with Crippen LogP contribution in [0.4, 0.5) is 4.39 Å². The van der Waals surface area contributed by atoms with Crippen LogP contribution < -0.4 is 5.30 Å². The number of rotatable bonds is 4. The Kier molecular flexibility index (Phi) is 3.99. The molecule has 1 N–H and O–H groups in total. The standard InChI is InChI=1S/C9H12FO4P/c1-13-15(12,14-2)9-4-7(6-11)3-8(10)5-9/h3-5,11H,6H2,1-2H3. The van der Waals surface area contributed by atoms with Gasteiger partial charge < -0.3 is 14.2 Å². The van der Waals surface area contributed by atoms with Gasteiger partial charge in [0, 0.05) is 14.2 Å². The third kappa shape index (κ3) is 2.63. The van der Waals surface area contributed by atoms with Crippen molar-refractivity contribution >= 4 is 12.9 Å². The SMILES string of the molecule is COP(=O)(OC)c1cc(F)cc(CO)c1. The first-order chi connectivity index (χ1) is 7.05. The fourth-order valence-corrected chi connectivity index (χ4v) is 2.34. The zero-order valence-electron chi connectivity index (χ0n) is 8.44. The van der Waals surface area contributed by atoms with Crippen molar-refractivity contribution in [2.45, 2.75) is 6.61 Å². The first-order valence-electron chi connectivity index (χ1n) is 4.18. The topological polar surface area (TPSA) is 55.8 Å². The van der Waals surface area contributed by atoms with Crippen LogP contribution in [0.3, 0.4) is 0 Å². The summed E-state index contributed by atoms with van der Waals surface area (Å²) in [5.74, 6) is -0.592. The van der Waals surface area contributed by atoms with Gasteiger partial charge in [-0.05, 0) is 23.8 Å². The first kappa shape index (κ1) is 12.3. The molecule has 1 aromatic carbocycles. The van der Waals surface area contributed by atoms with Gasteiger partial charge in [0.2, 0.25) is 0 Å². The van der Waals surface area contributed by atoms with Gasteiger partial charge in [0.25, 0.3) is 0 Å². The fraction of sp³-hybridized carbons (Fsp3) is 0.333. The molecular formula is C9H12FO4P. The lowest BCUT2D eigenvalue weighted by atomic mass is 10.2. The lowest BCUT2D eigenvalue weighted by Gasteiger charge is -2.14. The Balaban J connectivity index is 3.24. The van der Waals surface area contributed by atoms with Gasteiger partial charge >= 0.3 is 7.60 Å². The van der Waals surface area contributed by atoms with Gasteiger partial charge in [-0.25, -0.2) is 4.39 Å². The normalized spacial score (nSPS) is 11.7. The molecular weight excluding hydrogens is 222 g/mol. The van der Waals surface area contributed by atoms with E-state index < -0.39 is 13.4 Å². The van der Waals surface area contributed by atoms with E-state index in [0.717, 1.165) is 12.1 Å². The van der Waals surface area contributed by atoms with Gasteiger partial charge in [-0.15, -0.1) is 0 Å². The Morgan fingerprint density at radius 1 is 1.33 bits per heavy atom. The number of aliphatic hydroxyl groups excluding tert-OH is 1. The summed E-state index contributed by atoms with van der Waals surface area (Å²) in [4.78, 5) is 0. The molecule has 1 rings (SSSR count). The van der Waals surface area contributed by atoms with Gasteiger partial charge in [0.05, 0.1) is 11.9 Å². The van der Waals surface area contributed by atoms with Crippen LogP contribution in [-0.4, -0.2) is 19.3 Å². The van der Waals surface area contributed by atoms with Crippen LogP contribution in [0.1, 0.15) is 5.56 Å². The maximum absolute atomic E-state index is 13.1. The summed E-state index contributed by atoms with van der Waals surface area (Å²) in [5, 5.41) is 8.95. The van der Waals surface area contributed by atoms with E-state index in [4.69, 9.17) is 14.2 Å². The molecule has 84 valence electrons. The van der Waals surface area contributed by atoms with E-state index >= 15 is 0 Å². The first-order valence-corrected chi connectivity index (χ1v) is 5.72. The van der Waals surface area contributed by atoms with Crippen LogP contribution in [0.25, 0.3) is 0 Å². The molecule has 0 fully saturated rings. The van der Waals surface area contributed by atoms with E-state index in [9.17, 15) is 8.96 Å². The van der Waals surface area contributed by atoms with Crippen LogP contribution >= 0.6 is 7.60 Å². The van der Waals surface area contributed by atoms with E-state index in [1.54, 1.807) is 0 Å². The molecule has 15 heavy (non-hydrogen) atoms. The van der Waals surface area contributed by atoms with Crippen LogP contribution in [0, 0.1) is 5.82 Å². The molecule has 0 bridgehead atoms. The summed E-state index contributed by atoms with van der Waals surface area (Å²) in [5.41, 5.74) is 0.319. The van der Waals surface area contributed by atoms with Crippen LogP contribution in [0.15, 0.2) is 18.2 Å². The van der Waals surface area contributed by atoms with Gasteiger partial charge in [-0.1, -0.05) is 0 Å². The summed E-state index contributed by atoms with van der Waals surface area (Å²) < 4.78 is 34.4. The highest BCUT2D eigenvalue weighted by atomic mass is 31.2. The third-order valence-corrected chi connectivity index (χ3v) is 3.77. The highest BCUT2D eigenvalue weighted by molar-refractivity contribution is 7.62. The molecule has 0 spiro atoms. The largest absolute Gasteiger partial charge is 0.392 e. The van der Waals surface area contributed by atoms with Gasteiger partial charge in [-0.3, -0.25) is 4.57 Å². The average molecular weight is 234 g/mol. The van der Waals surface area contributed by atoms with Gasteiger partial charge in [-0.2, -0.15) is 0 Å². The average Bonchev–Trinajstić information content (AvgIpc) is 2.27. The number of hydrogen-bond acceptors (Lipinski definition) is 4. The van der Waals surface area contributed by atoms with E-state index in [1.165, 1.54) is 20.3 Å². The summed E-state index contributed by atoms with van der Waals surface area (Å²) in [7, 11) is -1.02. The van der Waals surface area contributed by atoms with Crippen molar-refractivity contribution in [3.05, 3.63) is 29.6 Å². The van der Waals surface area contributed by atoms with Crippen LogP contribution in [0.2, 0.25) is 0 Å². The van der Waals surface area contributed by atoms with Crippen molar-refractivity contribution in [3.8, 4) is 0 Å². The Morgan fingerprint density at radius 3 is 2.40 bits per heavy atom. The number of hydrogen-bond donors (Lipinski definition) is 1. The van der Waals surface area contributed by atoms with E-state index in [0.29, 0.717) is 5.56 Å². The molecule has 0 unspecified atom stereocenters. The highest BCUT2D eigenvalue weighted by Gasteiger charge is 2.25. The third-order valence-electron chi connectivity index (χ3n) is 1.92. The zero-order valence-corrected chi connectivity index (χ0v) is 9.33. The number of benzene rings is 1. The predicted octanol–water partition coefficient (Wildman–Crippen LogP) is 1.43. The minimum atomic E-state index is -3.45. The molecule has 0 saturated heterocycles. The quantitative estimate of drug-likeness (QED) is 0.800. The Hall–Kier alpha value is -0.740. The molecule has 0 amide bonds. The fourth-order valence-electron chi connectivity index (χ4n) is 1.17. The lowest BCUT2D eigenvalue weighted by molar-refractivity contribution is 0.280. The molecule has 0 aliphatic carbocycles. The number of halogens is 1. The van der Waals surface area contributed by atoms with Crippen LogP contribution in [0.5, 0.6) is 0 Å². The van der Waals surface area contributed by atoms with Crippen molar-refractivity contribution in [1.29, 1.82) is 0 Å². The lowest BCUT2D eigenvalue weighted by Crippen LogP contribution is -2.10. The maximum atomic E-state index is 13.1. The molecule has 6 heteroatoms. The molecule has 0 heterocycles. The van der Waals surface area contributed by atoms with Gasteiger partial charge in [0.1, 0.15) is 5.82 Å². The Labute approximate surface area is 87.2 Å². The molecule has 0 radical (unpaired) electrons. The Morgan fingerprint density at radius 2 is 1.93 bits per heavy atom. The van der Waals surface area contributed by atoms with Crippen molar-refractivity contribution in [2.75, 3.05) is 14.2 Å². The Bertz CT molecular complexity index is 386. The molecule has 0 aliphatic rings. The highest BCUT2D eigenvalue weighted by Crippen LogP contribution is 2.45. The van der Waals surface area contributed by atoms with E-state index in [2.05, 4.69) is 0 Å². The summed E-state index contributed by atoms with van der Waals surface area (Å²) >= 11 is 0. The molecule has 4 nitrogen and oxygen atoms in total.